The minimum atomic E-state index is -4.52. The predicted octanol–water partition coefficient (Wildman–Crippen LogP) is 5.02. The Bertz CT molecular complexity index is 1080. The van der Waals surface area contributed by atoms with Crippen molar-refractivity contribution >= 4 is 11.0 Å². The zero-order valence-electron chi connectivity index (χ0n) is 15.8. The maximum atomic E-state index is 13.0. The lowest BCUT2D eigenvalue weighted by Gasteiger charge is -2.37. The molecule has 2 fully saturated rings. The van der Waals surface area contributed by atoms with Crippen molar-refractivity contribution in [3.05, 3.63) is 41.6 Å². The van der Waals surface area contributed by atoms with Crippen LogP contribution in [0.4, 0.5) is 13.2 Å². The second kappa shape index (κ2) is 6.19. The van der Waals surface area contributed by atoms with E-state index in [1.807, 2.05) is 16.9 Å². The topological polar surface area (TPSA) is 60.2 Å². The summed E-state index contributed by atoms with van der Waals surface area (Å²) in [5.74, 6) is -0.445. The molecule has 1 atom stereocenters. The van der Waals surface area contributed by atoms with Gasteiger partial charge < -0.3 is 9.84 Å². The molecule has 1 aliphatic heterocycles. The number of rotatable bonds is 2. The number of hydrogen-bond acceptors (Lipinski definition) is 4. The van der Waals surface area contributed by atoms with Crippen molar-refractivity contribution in [2.45, 2.75) is 50.4 Å². The van der Waals surface area contributed by atoms with Gasteiger partial charge in [0, 0.05) is 23.6 Å². The van der Waals surface area contributed by atoms with Crippen LogP contribution in [0.15, 0.2) is 30.5 Å². The highest BCUT2D eigenvalue weighted by molar-refractivity contribution is 5.80. The molecule has 29 heavy (non-hydrogen) atoms. The zero-order chi connectivity index (χ0) is 20.4. The number of hydrogen-bond donors (Lipinski definition) is 1. The fourth-order valence-electron chi connectivity index (χ4n) is 4.42. The summed E-state index contributed by atoms with van der Waals surface area (Å²) in [5.41, 5.74) is 0.616. The summed E-state index contributed by atoms with van der Waals surface area (Å²) in [4.78, 5) is 4.51. The van der Waals surface area contributed by atoms with E-state index in [1.54, 1.807) is 6.07 Å². The molecular weight excluding hydrogens is 383 g/mol. The summed E-state index contributed by atoms with van der Waals surface area (Å²) in [5, 5.41) is 15.7. The summed E-state index contributed by atoms with van der Waals surface area (Å²) >= 11 is 0. The number of fused-ring (bicyclic) bond motifs is 1. The summed E-state index contributed by atoms with van der Waals surface area (Å²) in [6, 6.07) is 5.44. The van der Waals surface area contributed by atoms with E-state index in [0.717, 1.165) is 36.8 Å². The van der Waals surface area contributed by atoms with Gasteiger partial charge in [-0.05, 0) is 56.0 Å². The smallest absolute Gasteiger partial charge is 0.416 e. The van der Waals surface area contributed by atoms with Crippen LogP contribution in [0.2, 0.25) is 0 Å². The third kappa shape index (κ3) is 3.06. The third-order valence-electron chi connectivity index (χ3n) is 6.11. The number of aromatic nitrogens is 3. The summed E-state index contributed by atoms with van der Waals surface area (Å²) < 4.78 is 46.8. The first-order chi connectivity index (χ1) is 13.7. The number of ether oxygens (including phenoxy) is 1. The van der Waals surface area contributed by atoms with E-state index in [9.17, 15) is 18.3 Å². The molecule has 2 aromatic heterocycles. The molecule has 5 rings (SSSR count). The van der Waals surface area contributed by atoms with E-state index in [4.69, 9.17) is 4.74 Å². The van der Waals surface area contributed by atoms with Crippen molar-refractivity contribution in [2.75, 3.05) is 6.61 Å². The molecule has 1 saturated carbocycles. The SMILES string of the molecule is Cc1cc(C(F)(F)F)cc(O)c1-c1ccc2cn([C@@H]3COC4(CCC4)C3)nc2n1. The van der Waals surface area contributed by atoms with Gasteiger partial charge in [-0.15, -0.1) is 0 Å². The first kappa shape index (κ1) is 18.4. The third-order valence-corrected chi connectivity index (χ3v) is 6.11. The maximum Gasteiger partial charge on any atom is 0.416 e. The number of phenolic OH excluding ortho intramolecular Hbond substituents is 1. The van der Waals surface area contributed by atoms with Crippen LogP contribution < -0.4 is 0 Å². The van der Waals surface area contributed by atoms with E-state index in [2.05, 4.69) is 10.1 Å². The molecule has 0 bridgehead atoms. The monoisotopic (exact) mass is 403 g/mol. The summed E-state index contributed by atoms with van der Waals surface area (Å²) in [6.07, 6.45) is 1.75. The Morgan fingerprint density at radius 3 is 2.66 bits per heavy atom. The molecule has 3 heterocycles. The van der Waals surface area contributed by atoms with E-state index < -0.39 is 17.5 Å². The Morgan fingerprint density at radius 1 is 1.24 bits per heavy atom. The van der Waals surface area contributed by atoms with Gasteiger partial charge >= 0.3 is 6.18 Å². The normalized spacial score (nSPS) is 21.0. The van der Waals surface area contributed by atoms with Crippen molar-refractivity contribution in [1.29, 1.82) is 0 Å². The lowest BCUT2D eigenvalue weighted by atomic mass is 9.77. The molecule has 1 spiro atoms. The highest BCUT2D eigenvalue weighted by Gasteiger charge is 2.45. The van der Waals surface area contributed by atoms with Gasteiger partial charge in [0.2, 0.25) is 0 Å². The molecule has 3 aromatic rings. The standard InChI is InChI=1S/C21H20F3N3O2/c1-12-7-14(21(22,23)24)8-17(28)18(12)16-4-3-13-10-27(26-19(13)25-16)15-9-20(29-11-15)5-2-6-20/h3-4,7-8,10,15,28H,2,5-6,9,11H2,1H3/t15-/m0/s1. The Balaban J connectivity index is 1.49. The molecule has 2 aliphatic rings. The highest BCUT2D eigenvalue weighted by atomic mass is 19.4. The highest BCUT2D eigenvalue weighted by Crippen LogP contribution is 2.47. The number of nitrogens with zero attached hydrogens (tertiary/aromatic N) is 3. The minimum Gasteiger partial charge on any atom is -0.507 e. The number of halogens is 3. The van der Waals surface area contributed by atoms with Crippen molar-refractivity contribution < 1.29 is 23.0 Å². The Kier molecular flexibility index (Phi) is 3.93. The van der Waals surface area contributed by atoms with Crippen LogP contribution in [0.3, 0.4) is 0 Å². The first-order valence-corrected chi connectivity index (χ1v) is 9.65. The fraction of sp³-hybridized carbons (Fsp3) is 0.429. The van der Waals surface area contributed by atoms with Crippen molar-refractivity contribution in [3.8, 4) is 17.0 Å². The van der Waals surface area contributed by atoms with Crippen LogP contribution in [0.25, 0.3) is 22.3 Å². The second-order valence-electron chi connectivity index (χ2n) is 8.11. The number of phenols is 1. The molecule has 0 unspecified atom stereocenters. The largest absolute Gasteiger partial charge is 0.507 e. The van der Waals surface area contributed by atoms with Crippen molar-refractivity contribution in [3.63, 3.8) is 0 Å². The Labute approximate surface area is 165 Å². The molecule has 1 N–H and O–H groups in total. The molecular formula is C21H20F3N3O2. The molecule has 0 amide bonds. The van der Waals surface area contributed by atoms with Gasteiger partial charge in [0.15, 0.2) is 5.65 Å². The number of aryl methyl sites for hydroxylation is 1. The van der Waals surface area contributed by atoms with E-state index >= 15 is 0 Å². The lowest BCUT2D eigenvalue weighted by Crippen LogP contribution is -2.36. The van der Waals surface area contributed by atoms with Crippen molar-refractivity contribution in [2.24, 2.45) is 0 Å². The fourth-order valence-corrected chi connectivity index (χ4v) is 4.42. The van der Waals surface area contributed by atoms with Crippen LogP contribution >= 0.6 is 0 Å². The number of pyridine rings is 1. The van der Waals surface area contributed by atoms with Gasteiger partial charge in [0.1, 0.15) is 5.75 Å². The lowest BCUT2D eigenvalue weighted by molar-refractivity contribution is -0.137. The molecule has 1 aliphatic carbocycles. The van der Waals surface area contributed by atoms with Gasteiger partial charge in [-0.25, -0.2) is 4.98 Å². The van der Waals surface area contributed by atoms with E-state index in [-0.39, 0.29) is 17.2 Å². The van der Waals surface area contributed by atoms with Crippen LogP contribution in [0, 0.1) is 6.92 Å². The number of benzene rings is 1. The van der Waals surface area contributed by atoms with Crippen LogP contribution in [0.5, 0.6) is 5.75 Å². The van der Waals surface area contributed by atoms with Gasteiger partial charge in [0.05, 0.1) is 29.5 Å². The molecule has 1 aromatic carbocycles. The Morgan fingerprint density at radius 2 is 2.03 bits per heavy atom. The molecule has 5 nitrogen and oxygen atoms in total. The predicted molar refractivity (Wildman–Crippen MR) is 101 cm³/mol. The molecule has 1 saturated heterocycles. The molecule has 8 heteroatoms. The molecule has 152 valence electrons. The van der Waals surface area contributed by atoms with E-state index in [1.165, 1.54) is 13.3 Å². The second-order valence-corrected chi connectivity index (χ2v) is 8.11. The quantitative estimate of drug-likeness (QED) is 0.653. The van der Waals surface area contributed by atoms with E-state index in [0.29, 0.717) is 23.5 Å². The van der Waals surface area contributed by atoms with Crippen molar-refractivity contribution in [1.82, 2.24) is 14.8 Å². The summed E-state index contributed by atoms with van der Waals surface area (Å²) in [7, 11) is 0. The minimum absolute atomic E-state index is 0.0184. The number of alkyl halides is 3. The average molecular weight is 403 g/mol. The van der Waals surface area contributed by atoms with Crippen LogP contribution in [-0.4, -0.2) is 32.1 Å². The molecule has 0 radical (unpaired) electrons. The summed E-state index contributed by atoms with van der Waals surface area (Å²) in [6.45, 7) is 2.16. The van der Waals surface area contributed by atoms with Crippen LogP contribution in [-0.2, 0) is 10.9 Å². The zero-order valence-corrected chi connectivity index (χ0v) is 15.8. The number of aromatic hydroxyl groups is 1. The van der Waals surface area contributed by atoms with Crippen LogP contribution in [0.1, 0.15) is 42.9 Å². The first-order valence-electron chi connectivity index (χ1n) is 9.65. The maximum absolute atomic E-state index is 13.0. The van der Waals surface area contributed by atoms with Gasteiger partial charge in [0.25, 0.3) is 0 Å². The Hall–Kier alpha value is -2.61. The van der Waals surface area contributed by atoms with Gasteiger partial charge in [-0.2, -0.15) is 18.3 Å². The van der Waals surface area contributed by atoms with Gasteiger partial charge in [-0.3, -0.25) is 4.68 Å². The average Bonchev–Trinajstić information content (AvgIpc) is 3.24. The van der Waals surface area contributed by atoms with Gasteiger partial charge in [-0.1, -0.05) is 0 Å².